The van der Waals surface area contributed by atoms with E-state index in [0.29, 0.717) is 5.56 Å². The standard InChI is InChI=1S/C16H21NO3/c1-16(2,3)13(15(19)20)17-14(18)12-8-7-10-5-4-6-11(10)9-12/h7-9,13H,4-6H2,1-3H3,(H,17,18)(H,19,20)/t13-/m0/s1. The van der Waals surface area contributed by atoms with Crippen molar-refractivity contribution in [2.75, 3.05) is 0 Å². The van der Waals surface area contributed by atoms with Gasteiger partial charge >= 0.3 is 5.97 Å². The van der Waals surface area contributed by atoms with Crippen LogP contribution in [0.1, 0.15) is 48.7 Å². The van der Waals surface area contributed by atoms with Gasteiger partial charge in [0.1, 0.15) is 6.04 Å². The molecule has 0 saturated carbocycles. The van der Waals surface area contributed by atoms with E-state index < -0.39 is 17.4 Å². The van der Waals surface area contributed by atoms with E-state index in [2.05, 4.69) is 5.32 Å². The maximum Gasteiger partial charge on any atom is 0.326 e. The largest absolute Gasteiger partial charge is 0.480 e. The molecule has 1 aromatic rings. The molecule has 1 aliphatic carbocycles. The number of aryl methyl sites for hydroxylation is 2. The van der Waals surface area contributed by atoms with E-state index in [9.17, 15) is 14.7 Å². The van der Waals surface area contributed by atoms with Crippen molar-refractivity contribution in [2.45, 2.75) is 46.1 Å². The second-order valence-corrected chi connectivity index (χ2v) is 6.45. The van der Waals surface area contributed by atoms with E-state index in [1.807, 2.05) is 12.1 Å². The van der Waals surface area contributed by atoms with Crippen LogP contribution in [0.2, 0.25) is 0 Å². The molecule has 4 heteroatoms. The van der Waals surface area contributed by atoms with Crippen LogP contribution in [-0.2, 0) is 17.6 Å². The molecule has 1 aliphatic rings. The highest BCUT2D eigenvalue weighted by Gasteiger charge is 2.32. The van der Waals surface area contributed by atoms with Crippen LogP contribution in [0.5, 0.6) is 0 Å². The molecule has 0 unspecified atom stereocenters. The Morgan fingerprint density at radius 2 is 1.85 bits per heavy atom. The summed E-state index contributed by atoms with van der Waals surface area (Å²) in [6.45, 7) is 5.40. The molecular weight excluding hydrogens is 254 g/mol. The van der Waals surface area contributed by atoms with Gasteiger partial charge in [-0.15, -0.1) is 0 Å². The zero-order chi connectivity index (χ0) is 14.9. The highest BCUT2D eigenvalue weighted by molar-refractivity contribution is 5.97. The predicted molar refractivity (Wildman–Crippen MR) is 76.8 cm³/mol. The Labute approximate surface area is 119 Å². The normalized spacial score (nSPS) is 15.6. The first kappa shape index (κ1) is 14.6. The highest BCUT2D eigenvalue weighted by atomic mass is 16.4. The Morgan fingerprint density at radius 1 is 1.20 bits per heavy atom. The van der Waals surface area contributed by atoms with Gasteiger partial charge in [0.2, 0.25) is 0 Å². The van der Waals surface area contributed by atoms with Crippen LogP contribution in [0.25, 0.3) is 0 Å². The lowest BCUT2D eigenvalue weighted by Gasteiger charge is -2.27. The van der Waals surface area contributed by atoms with Crippen LogP contribution in [0, 0.1) is 5.41 Å². The summed E-state index contributed by atoms with van der Waals surface area (Å²) < 4.78 is 0. The van der Waals surface area contributed by atoms with Crippen molar-refractivity contribution in [3.63, 3.8) is 0 Å². The number of hydrogen-bond donors (Lipinski definition) is 2. The number of carboxylic acid groups (broad SMARTS) is 1. The summed E-state index contributed by atoms with van der Waals surface area (Å²) in [5.41, 5.74) is 2.52. The molecule has 2 rings (SSSR count). The number of fused-ring (bicyclic) bond motifs is 1. The van der Waals surface area contributed by atoms with Gasteiger partial charge in [-0.2, -0.15) is 0 Å². The van der Waals surface area contributed by atoms with Crippen molar-refractivity contribution < 1.29 is 14.7 Å². The van der Waals surface area contributed by atoms with E-state index in [1.54, 1.807) is 26.8 Å². The van der Waals surface area contributed by atoms with Crippen molar-refractivity contribution in [3.8, 4) is 0 Å². The summed E-state index contributed by atoms with van der Waals surface area (Å²) in [5.74, 6) is -1.32. The fourth-order valence-corrected chi connectivity index (χ4v) is 2.58. The minimum Gasteiger partial charge on any atom is -0.480 e. The van der Waals surface area contributed by atoms with E-state index in [0.717, 1.165) is 19.3 Å². The van der Waals surface area contributed by atoms with Crippen LogP contribution >= 0.6 is 0 Å². The minimum atomic E-state index is -1.01. The number of rotatable bonds is 3. The molecule has 0 bridgehead atoms. The van der Waals surface area contributed by atoms with Gasteiger partial charge in [-0.25, -0.2) is 4.79 Å². The molecule has 0 fully saturated rings. The zero-order valence-electron chi connectivity index (χ0n) is 12.2. The number of aliphatic carboxylic acids is 1. The van der Waals surface area contributed by atoms with Gasteiger partial charge in [-0.05, 0) is 47.9 Å². The fraction of sp³-hybridized carbons (Fsp3) is 0.500. The van der Waals surface area contributed by atoms with E-state index >= 15 is 0 Å². The number of nitrogens with one attached hydrogen (secondary N) is 1. The Hall–Kier alpha value is -1.84. The monoisotopic (exact) mass is 275 g/mol. The lowest BCUT2D eigenvalue weighted by Crippen LogP contribution is -2.49. The SMILES string of the molecule is CC(C)(C)[C@@H](NC(=O)c1ccc2c(c1)CCC2)C(=O)O. The molecule has 0 spiro atoms. The number of hydrogen-bond acceptors (Lipinski definition) is 2. The van der Waals surface area contributed by atoms with E-state index in [-0.39, 0.29) is 5.91 Å². The number of amides is 1. The predicted octanol–water partition coefficient (Wildman–Crippen LogP) is 2.40. The van der Waals surface area contributed by atoms with Crippen LogP contribution in [0.4, 0.5) is 0 Å². The third-order valence-corrected chi connectivity index (χ3v) is 3.75. The number of carbonyl (C=O) groups excluding carboxylic acids is 1. The molecule has 4 nitrogen and oxygen atoms in total. The highest BCUT2D eigenvalue weighted by Crippen LogP contribution is 2.24. The summed E-state index contributed by atoms with van der Waals surface area (Å²) in [4.78, 5) is 23.5. The summed E-state index contributed by atoms with van der Waals surface area (Å²) in [7, 11) is 0. The van der Waals surface area contributed by atoms with Crippen LogP contribution in [0.15, 0.2) is 18.2 Å². The van der Waals surface area contributed by atoms with Gasteiger partial charge in [0, 0.05) is 5.56 Å². The summed E-state index contributed by atoms with van der Waals surface area (Å²) >= 11 is 0. The molecule has 0 saturated heterocycles. The maximum absolute atomic E-state index is 12.2. The van der Waals surface area contributed by atoms with Gasteiger partial charge in [0.05, 0.1) is 0 Å². The third-order valence-electron chi connectivity index (χ3n) is 3.75. The minimum absolute atomic E-state index is 0.318. The lowest BCUT2D eigenvalue weighted by atomic mass is 9.86. The van der Waals surface area contributed by atoms with Crippen LogP contribution < -0.4 is 5.32 Å². The first-order valence-corrected chi connectivity index (χ1v) is 6.94. The van der Waals surface area contributed by atoms with Crippen molar-refractivity contribution in [3.05, 3.63) is 34.9 Å². The molecule has 1 amide bonds. The first-order valence-electron chi connectivity index (χ1n) is 6.94. The number of carboxylic acids is 1. The number of carbonyl (C=O) groups is 2. The smallest absolute Gasteiger partial charge is 0.326 e. The van der Waals surface area contributed by atoms with Gasteiger partial charge in [-0.3, -0.25) is 4.79 Å². The van der Waals surface area contributed by atoms with Crippen LogP contribution in [0.3, 0.4) is 0 Å². The molecule has 1 aromatic carbocycles. The Kier molecular flexibility index (Phi) is 3.84. The molecular formula is C16H21NO3. The van der Waals surface area contributed by atoms with E-state index in [1.165, 1.54) is 11.1 Å². The molecule has 20 heavy (non-hydrogen) atoms. The van der Waals surface area contributed by atoms with Crippen molar-refractivity contribution >= 4 is 11.9 Å². The van der Waals surface area contributed by atoms with Gasteiger partial charge < -0.3 is 10.4 Å². The molecule has 0 radical (unpaired) electrons. The van der Waals surface area contributed by atoms with Crippen molar-refractivity contribution in [2.24, 2.45) is 5.41 Å². The average Bonchev–Trinajstić information content (AvgIpc) is 2.80. The molecule has 0 heterocycles. The van der Waals surface area contributed by atoms with Gasteiger partial charge in [0.15, 0.2) is 0 Å². The second kappa shape index (κ2) is 5.27. The Bertz CT molecular complexity index is 543. The summed E-state index contributed by atoms with van der Waals surface area (Å²) in [6.07, 6.45) is 3.19. The Balaban J connectivity index is 2.17. The average molecular weight is 275 g/mol. The maximum atomic E-state index is 12.2. The Morgan fingerprint density at radius 3 is 2.45 bits per heavy atom. The molecule has 108 valence electrons. The van der Waals surface area contributed by atoms with Crippen molar-refractivity contribution in [1.82, 2.24) is 5.32 Å². The van der Waals surface area contributed by atoms with E-state index in [4.69, 9.17) is 0 Å². The van der Waals surface area contributed by atoms with Crippen LogP contribution in [-0.4, -0.2) is 23.0 Å². The first-order chi connectivity index (χ1) is 9.29. The zero-order valence-corrected chi connectivity index (χ0v) is 12.2. The third kappa shape index (κ3) is 3.00. The quantitative estimate of drug-likeness (QED) is 0.890. The molecule has 0 aromatic heterocycles. The summed E-state index contributed by atoms with van der Waals surface area (Å²) in [6, 6.07) is 4.74. The number of benzene rings is 1. The van der Waals surface area contributed by atoms with Gasteiger partial charge in [-0.1, -0.05) is 26.8 Å². The lowest BCUT2D eigenvalue weighted by molar-refractivity contribution is -0.142. The molecule has 1 atom stereocenters. The summed E-state index contributed by atoms with van der Waals surface area (Å²) in [5, 5.41) is 11.9. The van der Waals surface area contributed by atoms with Crippen molar-refractivity contribution in [1.29, 1.82) is 0 Å². The fourth-order valence-electron chi connectivity index (χ4n) is 2.58. The second-order valence-electron chi connectivity index (χ2n) is 6.45. The topological polar surface area (TPSA) is 66.4 Å². The molecule has 2 N–H and O–H groups in total. The van der Waals surface area contributed by atoms with Gasteiger partial charge in [0.25, 0.3) is 5.91 Å². The molecule has 0 aliphatic heterocycles.